The lowest BCUT2D eigenvalue weighted by molar-refractivity contribution is 0.0926. The Bertz CT molecular complexity index is 869. The summed E-state index contributed by atoms with van der Waals surface area (Å²) in [4.78, 5) is 17.2. The number of carbonyl (C=O) groups excluding carboxylic acids is 1. The number of nitrogens with one attached hydrogen (secondary N) is 2. The zero-order chi connectivity index (χ0) is 19.5. The fraction of sp³-hybridized carbons (Fsp3) is 0.455. The van der Waals surface area contributed by atoms with Gasteiger partial charge >= 0.3 is 0 Å². The third-order valence-corrected chi connectivity index (χ3v) is 6.06. The summed E-state index contributed by atoms with van der Waals surface area (Å²) in [7, 11) is 0. The van der Waals surface area contributed by atoms with Crippen molar-refractivity contribution in [1.29, 1.82) is 0 Å². The van der Waals surface area contributed by atoms with Crippen LogP contribution in [0.15, 0.2) is 30.3 Å². The maximum absolute atomic E-state index is 13.3. The molecule has 1 saturated carbocycles. The standard InChI is InChI=1S/C22H25ClFN3O.ClH/c23-18-13-15(5-11-19(18)24)22(28)26-17-9-7-16(8-10-17)25-21-12-6-14-3-1-2-4-20(14)27-21;/h5-6,11-13,16-17H,1-4,7-10H2,(H,25,27)(H,26,28);1H. The first-order chi connectivity index (χ1) is 13.6. The molecule has 156 valence electrons. The Morgan fingerprint density at radius 1 is 1.03 bits per heavy atom. The summed E-state index contributed by atoms with van der Waals surface area (Å²) >= 11 is 5.77. The number of anilines is 1. The second kappa shape index (κ2) is 9.77. The summed E-state index contributed by atoms with van der Waals surface area (Å²) in [5.74, 6) is 0.254. The minimum absolute atomic E-state index is 0. The van der Waals surface area contributed by atoms with Crippen molar-refractivity contribution in [3.8, 4) is 0 Å². The van der Waals surface area contributed by atoms with Gasteiger partial charge in [-0.15, -0.1) is 12.4 Å². The van der Waals surface area contributed by atoms with Crippen molar-refractivity contribution in [2.24, 2.45) is 0 Å². The smallest absolute Gasteiger partial charge is 0.251 e. The van der Waals surface area contributed by atoms with Gasteiger partial charge in [-0.05, 0) is 81.2 Å². The van der Waals surface area contributed by atoms with E-state index in [0.29, 0.717) is 11.6 Å². The van der Waals surface area contributed by atoms with Gasteiger partial charge in [-0.1, -0.05) is 17.7 Å². The Hall–Kier alpha value is -1.85. The van der Waals surface area contributed by atoms with Crippen molar-refractivity contribution in [1.82, 2.24) is 10.3 Å². The molecule has 2 aromatic rings. The first kappa shape index (κ1) is 21.8. The van der Waals surface area contributed by atoms with Gasteiger partial charge in [-0.3, -0.25) is 4.79 Å². The van der Waals surface area contributed by atoms with E-state index in [2.05, 4.69) is 22.8 Å². The fourth-order valence-corrected chi connectivity index (χ4v) is 4.34. The van der Waals surface area contributed by atoms with Crippen LogP contribution in [0.3, 0.4) is 0 Å². The van der Waals surface area contributed by atoms with Crippen LogP contribution in [0.2, 0.25) is 5.02 Å². The molecule has 1 amide bonds. The summed E-state index contributed by atoms with van der Waals surface area (Å²) in [6.07, 6.45) is 8.49. The number of aromatic nitrogens is 1. The van der Waals surface area contributed by atoms with Crippen molar-refractivity contribution in [3.63, 3.8) is 0 Å². The third-order valence-electron chi connectivity index (χ3n) is 5.77. The van der Waals surface area contributed by atoms with Crippen LogP contribution < -0.4 is 10.6 Å². The van der Waals surface area contributed by atoms with Crippen molar-refractivity contribution in [2.45, 2.75) is 63.5 Å². The summed E-state index contributed by atoms with van der Waals surface area (Å²) < 4.78 is 13.3. The van der Waals surface area contributed by atoms with E-state index in [4.69, 9.17) is 16.6 Å². The lowest BCUT2D eigenvalue weighted by Gasteiger charge is -2.30. The van der Waals surface area contributed by atoms with Gasteiger partial charge in [-0.25, -0.2) is 9.37 Å². The molecule has 0 radical (unpaired) electrons. The van der Waals surface area contributed by atoms with Gasteiger partial charge in [-0.2, -0.15) is 0 Å². The second-order valence-electron chi connectivity index (χ2n) is 7.80. The SMILES string of the molecule is Cl.O=C(NC1CCC(Nc2ccc3c(n2)CCCC3)CC1)c1ccc(F)c(Cl)c1. The number of fused-ring (bicyclic) bond motifs is 1. The van der Waals surface area contributed by atoms with E-state index in [1.807, 2.05) is 0 Å². The topological polar surface area (TPSA) is 54.0 Å². The Balaban J connectivity index is 0.00000240. The van der Waals surface area contributed by atoms with Crippen LogP contribution in [-0.4, -0.2) is 23.0 Å². The molecule has 0 bridgehead atoms. The van der Waals surface area contributed by atoms with E-state index < -0.39 is 5.82 Å². The number of nitrogens with zero attached hydrogens (tertiary/aromatic N) is 1. The molecule has 2 aliphatic rings. The Labute approximate surface area is 182 Å². The zero-order valence-electron chi connectivity index (χ0n) is 16.2. The van der Waals surface area contributed by atoms with Crippen molar-refractivity contribution in [3.05, 3.63) is 58.0 Å². The number of aryl methyl sites for hydroxylation is 2. The molecule has 1 heterocycles. The summed E-state index contributed by atoms with van der Waals surface area (Å²) in [5.41, 5.74) is 3.03. The minimum Gasteiger partial charge on any atom is -0.367 e. The average molecular weight is 438 g/mol. The highest BCUT2D eigenvalue weighted by Gasteiger charge is 2.23. The van der Waals surface area contributed by atoms with Crippen LogP contribution in [-0.2, 0) is 12.8 Å². The Morgan fingerprint density at radius 3 is 2.52 bits per heavy atom. The molecule has 0 atom stereocenters. The minimum atomic E-state index is -0.513. The maximum atomic E-state index is 13.3. The van der Waals surface area contributed by atoms with Crippen LogP contribution in [0.4, 0.5) is 10.2 Å². The van der Waals surface area contributed by atoms with Gasteiger partial charge in [0.15, 0.2) is 0 Å². The number of rotatable bonds is 4. The molecule has 1 aromatic carbocycles. The van der Waals surface area contributed by atoms with Gasteiger partial charge in [0, 0.05) is 23.3 Å². The molecule has 1 fully saturated rings. The van der Waals surface area contributed by atoms with E-state index in [-0.39, 0.29) is 29.4 Å². The highest BCUT2D eigenvalue weighted by molar-refractivity contribution is 6.31. The molecule has 0 saturated heterocycles. The third kappa shape index (κ3) is 5.40. The summed E-state index contributed by atoms with van der Waals surface area (Å²) in [6.45, 7) is 0. The number of carbonyl (C=O) groups is 1. The lowest BCUT2D eigenvalue weighted by atomic mass is 9.91. The van der Waals surface area contributed by atoms with Gasteiger partial charge in [0.1, 0.15) is 11.6 Å². The molecule has 4 rings (SSSR count). The van der Waals surface area contributed by atoms with Gasteiger partial charge < -0.3 is 10.6 Å². The largest absolute Gasteiger partial charge is 0.367 e. The Morgan fingerprint density at radius 2 is 1.76 bits per heavy atom. The molecule has 0 unspecified atom stereocenters. The fourth-order valence-electron chi connectivity index (χ4n) is 4.16. The normalized spacial score (nSPS) is 20.9. The molecule has 0 spiro atoms. The van der Waals surface area contributed by atoms with Crippen LogP contribution in [0, 0.1) is 5.82 Å². The number of amides is 1. The molecule has 2 N–H and O–H groups in total. The highest BCUT2D eigenvalue weighted by Crippen LogP contribution is 2.25. The maximum Gasteiger partial charge on any atom is 0.251 e. The zero-order valence-corrected chi connectivity index (χ0v) is 17.8. The van der Waals surface area contributed by atoms with Crippen LogP contribution >= 0.6 is 24.0 Å². The highest BCUT2D eigenvalue weighted by atomic mass is 35.5. The van der Waals surface area contributed by atoms with Crippen molar-refractivity contribution in [2.75, 3.05) is 5.32 Å². The van der Waals surface area contributed by atoms with Gasteiger partial charge in [0.2, 0.25) is 0 Å². The van der Waals surface area contributed by atoms with Crippen LogP contribution in [0.5, 0.6) is 0 Å². The summed E-state index contributed by atoms with van der Waals surface area (Å²) in [5, 5.41) is 6.58. The van der Waals surface area contributed by atoms with E-state index >= 15 is 0 Å². The molecule has 2 aliphatic carbocycles. The Kier molecular flexibility index (Phi) is 7.36. The molecule has 29 heavy (non-hydrogen) atoms. The van der Waals surface area contributed by atoms with Crippen molar-refractivity contribution < 1.29 is 9.18 Å². The second-order valence-corrected chi connectivity index (χ2v) is 8.21. The molecular weight excluding hydrogens is 412 g/mol. The monoisotopic (exact) mass is 437 g/mol. The van der Waals surface area contributed by atoms with Gasteiger partial charge in [0.25, 0.3) is 5.91 Å². The lowest BCUT2D eigenvalue weighted by Crippen LogP contribution is -2.40. The van der Waals surface area contributed by atoms with Crippen LogP contribution in [0.25, 0.3) is 0 Å². The predicted molar refractivity (Wildman–Crippen MR) is 117 cm³/mol. The number of hydrogen-bond acceptors (Lipinski definition) is 3. The average Bonchev–Trinajstić information content (AvgIpc) is 2.71. The van der Waals surface area contributed by atoms with E-state index in [1.54, 1.807) is 0 Å². The molecule has 1 aromatic heterocycles. The predicted octanol–water partition coefficient (Wildman–Crippen LogP) is 5.33. The van der Waals surface area contributed by atoms with E-state index in [1.165, 1.54) is 42.3 Å². The molecule has 7 heteroatoms. The molecular formula is C22H26Cl2FN3O. The molecule has 0 aliphatic heterocycles. The van der Waals surface area contributed by atoms with E-state index in [9.17, 15) is 9.18 Å². The van der Waals surface area contributed by atoms with Gasteiger partial charge in [0.05, 0.1) is 5.02 Å². The van der Waals surface area contributed by atoms with Crippen molar-refractivity contribution >= 4 is 35.7 Å². The number of halogens is 3. The quantitative estimate of drug-likeness (QED) is 0.679. The number of pyridine rings is 1. The first-order valence-electron chi connectivity index (χ1n) is 10.1. The number of benzene rings is 1. The molecule has 4 nitrogen and oxygen atoms in total. The first-order valence-corrected chi connectivity index (χ1v) is 10.5. The van der Waals surface area contributed by atoms with E-state index in [0.717, 1.165) is 44.3 Å². The van der Waals surface area contributed by atoms with Crippen LogP contribution in [0.1, 0.15) is 60.1 Å². The summed E-state index contributed by atoms with van der Waals surface area (Å²) in [6, 6.07) is 8.88. The number of hydrogen-bond donors (Lipinski definition) is 2.